The lowest BCUT2D eigenvalue weighted by molar-refractivity contribution is -0.129. The van der Waals surface area contributed by atoms with Crippen LogP contribution in [0, 0.1) is 23.7 Å². The van der Waals surface area contributed by atoms with Gasteiger partial charge in [0.2, 0.25) is 5.91 Å². The van der Waals surface area contributed by atoms with Crippen molar-refractivity contribution in [3.8, 4) is 0 Å². The monoisotopic (exact) mass is 368 g/mol. The van der Waals surface area contributed by atoms with E-state index in [1.54, 1.807) is 0 Å². The van der Waals surface area contributed by atoms with Gasteiger partial charge in [-0.05, 0) is 70.6 Å². The molecule has 0 radical (unpaired) electrons. The van der Waals surface area contributed by atoms with Crippen LogP contribution in [0.2, 0.25) is 0 Å². The summed E-state index contributed by atoms with van der Waals surface area (Å²) in [6.45, 7) is 13.6. The van der Waals surface area contributed by atoms with Crippen LogP contribution in [0.3, 0.4) is 0 Å². The number of ether oxygens (including phenoxy) is 1. The highest BCUT2D eigenvalue weighted by Gasteiger charge is 2.35. The fourth-order valence-corrected chi connectivity index (χ4v) is 3.78. The van der Waals surface area contributed by atoms with E-state index in [0.29, 0.717) is 24.3 Å². The lowest BCUT2D eigenvalue weighted by atomic mass is 9.70. The summed E-state index contributed by atoms with van der Waals surface area (Å²) in [5.74, 6) is 2.15. The third-order valence-corrected chi connectivity index (χ3v) is 5.18. The summed E-state index contributed by atoms with van der Waals surface area (Å²) in [6, 6.07) is 0. The van der Waals surface area contributed by atoms with E-state index in [1.807, 2.05) is 20.8 Å². The molecule has 26 heavy (non-hydrogen) atoms. The van der Waals surface area contributed by atoms with Crippen LogP contribution in [0.5, 0.6) is 0 Å². The predicted molar refractivity (Wildman–Crippen MR) is 106 cm³/mol. The van der Waals surface area contributed by atoms with Gasteiger partial charge in [-0.3, -0.25) is 4.79 Å². The number of alkyl carbamates (subject to hydrolysis) is 1. The first-order chi connectivity index (χ1) is 12.1. The molecule has 1 aliphatic rings. The minimum absolute atomic E-state index is 0.174. The molecule has 0 unspecified atom stereocenters. The zero-order chi connectivity index (χ0) is 19.7. The molecule has 0 saturated heterocycles. The van der Waals surface area contributed by atoms with E-state index in [4.69, 9.17) is 4.74 Å². The van der Waals surface area contributed by atoms with E-state index in [2.05, 4.69) is 31.4 Å². The zero-order valence-electron chi connectivity index (χ0n) is 17.7. The Balaban J connectivity index is 2.17. The molecule has 5 nitrogen and oxygen atoms in total. The molecule has 0 spiro atoms. The molecule has 0 aromatic carbocycles. The summed E-state index contributed by atoms with van der Waals surface area (Å²) in [5.41, 5.74) is -0.459. The average Bonchev–Trinajstić information content (AvgIpc) is 2.51. The van der Waals surface area contributed by atoms with Gasteiger partial charge in [0.1, 0.15) is 5.60 Å². The minimum Gasteiger partial charge on any atom is -0.444 e. The van der Waals surface area contributed by atoms with E-state index in [0.717, 1.165) is 32.2 Å². The van der Waals surface area contributed by atoms with E-state index in [1.165, 1.54) is 12.8 Å². The molecular formula is C21H40N2O3. The summed E-state index contributed by atoms with van der Waals surface area (Å²) in [7, 11) is 0. The molecule has 0 aromatic rings. The van der Waals surface area contributed by atoms with Crippen molar-refractivity contribution in [2.24, 2.45) is 23.7 Å². The second-order valence-electron chi connectivity index (χ2n) is 9.21. The first kappa shape index (κ1) is 22.8. The molecule has 2 amide bonds. The topological polar surface area (TPSA) is 67.4 Å². The number of carbonyl (C=O) groups is 2. The third kappa shape index (κ3) is 8.91. The highest BCUT2D eigenvalue weighted by molar-refractivity contribution is 5.79. The van der Waals surface area contributed by atoms with Crippen LogP contribution in [0.1, 0.15) is 80.1 Å². The summed E-state index contributed by atoms with van der Waals surface area (Å²) in [5, 5.41) is 5.90. The lowest BCUT2D eigenvalue weighted by Crippen LogP contribution is -2.40. The SMILES string of the molecule is CC(C)[C@@H]1CC[C@@H](C)C[C@H]1C(=O)NCCCCCNC(=O)OC(C)(C)C. The van der Waals surface area contributed by atoms with E-state index in [-0.39, 0.29) is 17.9 Å². The molecular weight excluding hydrogens is 328 g/mol. The lowest BCUT2D eigenvalue weighted by Gasteiger charge is -2.36. The smallest absolute Gasteiger partial charge is 0.407 e. The first-order valence-electron chi connectivity index (χ1n) is 10.3. The van der Waals surface area contributed by atoms with Crippen LogP contribution in [0.25, 0.3) is 0 Å². The van der Waals surface area contributed by atoms with Crippen molar-refractivity contribution in [1.82, 2.24) is 10.6 Å². The molecule has 2 N–H and O–H groups in total. The number of unbranched alkanes of at least 4 members (excludes halogenated alkanes) is 2. The summed E-state index contributed by atoms with van der Waals surface area (Å²) in [4.78, 5) is 24.1. The Morgan fingerprint density at radius 2 is 1.65 bits per heavy atom. The van der Waals surface area contributed by atoms with Gasteiger partial charge < -0.3 is 15.4 Å². The van der Waals surface area contributed by atoms with Gasteiger partial charge in [0, 0.05) is 19.0 Å². The van der Waals surface area contributed by atoms with Gasteiger partial charge in [-0.15, -0.1) is 0 Å². The van der Waals surface area contributed by atoms with Crippen molar-refractivity contribution in [3.05, 3.63) is 0 Å². The summed E-state index contributed by atoms with van der Waals surface area (Å²) < 4.78 is 5.19. The maximum atomic E-state index is 12.6. The van der Waals surface area contributed by atoms with Gasteiger partial charge in [0.15, 0.2) is 0 Å². The Bertz CT molecular complexity index is 443. The van der Waals surface area contributed by atoms with Gasteiger partial charge in [0.25, 0.3) is 0 Å². The normalized spacial score (nSPS) is 23.6. The predicted octanol–water partition coefficient (Wildman–Crippen LogP) is 4.51. The van der Waals surface area contributed by atoms with Crippen molar-refractivity contribution in [2.75, 3.05) is 13.1 Å². The van der Waals surface area contributed by atoms with Crippen molar-refractivity contribution >= 4 is 12.0 Å². The molecule has 1 saturated carbocycles. The molecule has 0 bridgehead atoms. The van der Waals surface area contributed by atoms with Gasteiger partial charge in [-0.2, -0.15) is 0 Å². The number of hydrogen-bond acceptors (Lipinski definition) is 3. The van der Waals surface area contributed by atoms with Crippen LogP contribution in [0.4, 0.5) is 4.79 Å². The van der Waals surface area contributed by atoms with Crippen LogP contribution < -0.4 is 10.6 Å². The van der Waals surface area contributed by atoms with Crippen molar-refractivity contribution in [3.63, 3.8) is 0 Å². The standard InChI is InChI=1S/C21H40N2O3/c1-15(2)17-11-10-16(3)14-18(17)19(24)22-12-8-7-9-13-23-20(25)26-21(4,5)6/h15-18H,7-14H2,1-6H3,(H,22,24)(H,23,25)/t16-,17+,18-/m1/s1. The molecule has 0 aliphatic heterocycles. The number of hydrogen-bond donors (Lipinski definition) is 2. The van der Waals surface area contributed by atoms with E-state index >= 15 is 0 Å². The fraction of sp³-hybridized carbons (Fsp3) is 0.905. The fourth-order valence-electron chi connectivity index (χ4n) is 3.78. The zero-order valence-corrected chi connectivity index (χ0v) is 17.7. The van der Waals surface area contributed by atoms with Crippen molar-refractivity contribution in [1.29, 1.82) is 0 Å². The molecule has 5 heteroatoms. The molecule has 0 aromatic heterocycles. The Kier molecular flexibility index (Phi) is 9.45. The largest absolute Gasteiger partial charge is 0.444 e. The Morgan fingerprint density at radius 1 is 1.04 bits per heavy atom. The van der Waals surface area contributed by atoms with Crippen LogP contribution in [-0.4, -0.2) is 30.7 Å². The Labute approximate surface area is 160 Å². The van der Waals surface area contributed by atoms with Crippen LogP contribution in [-0.2, 0) is 9.53 Å². The van der Waals surface area contributed by atoms with Gasteiger partial charge in [-0.25, -0.2) is 4.79 Å². The number of nitrogens with one attached hydrogen (secondary N) is 2. The van der Waals surface area contributed by atoms with Gasteiger partial charge in [0.05, 0.1) is 0 Å². The van der Waals surface area contributed by atoms with Crippen molar-refractivity contribution < 1.29 is 14.3 Å². The first-order valence-corrected chi connectivity index (χ1v) is 10.3. The van der Waals surface area contributed by atoms with Crippen LogP contribution in [0.15, 0.2) is 0 Å². The number of amides is 2. The number of carbonyl (C=O) groups excluding carboxylic acids is 2. The van der Waals surface area contributed by atoms with Crippen molar-refractivity contribution in [2.45, 2.75) is 85.7 Å². The number of rotatable bonds is 8. The second-order valence-corrected chi connectivity index (χ2v) is 9.21. The van der Waals surface area contributed by atoms with E-state index in [9.17, 15) is 9.59 Å². The highest BCUT2D eigenvalue weighted by atomic mass is 16.6. The summed E-state index contributed by atoms with van der Waals surface area (Å²) in [6.07, 6.45) is 5.89. The minimum atomic E-state index is -0.459. The maximum Gasteiger partial charge on any atom is 0.407 e. The third-order valence-electron chi connectivity index (χ3n) is 5.18. The van der Waals surface area contributed by atoms with Gasteiger partial charge >= 0.3 is 6.09 Å². The molecule has 0 heterocycles. The van der Waals surface area contributed by atoms with Crippen LogP contribution >= 0.6 is 0 Å². The molecule has 1 fully saturated rings. The van der Waals surface area contributed by atoms with E-state index < -0.39 is 5.60 Å². The Morgan fingerprint density at radius 3 is 2.23 bits per heavy atom. The second kappa shape index (κ2) is 10.8. The summed E-state index contributed by atoms with van der Waals surface area (Å²) >= 11 is 0. The average molecular weight is 369 g/mol. The quantitative estimate of drug-likeness (QED) is 0.620. The molecule has 1 rings (SSSR count). The highest BCUT2D eigenvalue weighted by Crippen LogP contribution is 2.38. The molecule has 3 atom stereocenters. The molecule has 152 valence electrons. The van der Waals surface area contributed by atoms with Gasteiger partial charge in [-0.1, -0.05) is 27.2 Å². The molecule has 1 aliphatic carbocycles. The Hall–Kier alpha value is -1.26. The maximum absolute atomic E-state index is 12.6.